The molecule has 0 saturated heterocycles. The monoisotopic (exact) mass is 354 g/mol. The molecule has 24 heavy (non-hydrogen) atoms. The Kier molecular flexibility index (Phi) is 5.23. The first-order chi connectivity index (χ1) is 11.3. The maximum absolute atomic E-state index is 12.6. The summed E-state index contributed by atoms with van der Waals surface area (Å²) in [7, 11) is 1.63. The zero-order valence-corrected chi connectivity index (χ0v) is 14.7. The van der Waals surface area contributed by atoms with Crippen molar-refractivity contribution >= 4 is 23.2 Å². The van der Waals surface area contributed by atoms with Crippen LogP contribution in [-0.4, -0.2) is 42.3 Å². The number of hydrogen-bond donors (Lipinski definition) is 0. The Balaban J connectivity index is 2.15. The van der Waals surface area contributed by atoms with Crippen molar-refractivity contribution in [3.8, 4) is 0 Å². The van der Waals surface area contributed by atoms with Gasteiger partial charge in [-0.05, 0) is 20.8 Å². The van der Waals surface area contributed by atoms with Crippen LogP contribution >= 0.6 is 11.6 Å². The average Bonchev–Trinajstić information content (AvgIpc) is 3.09. The number of aromatic nitrogens is 4. The van der Waals surface area contributed by atoms with Crippen LogP contribution in [-0.2, 0) is 17.9 Å². The number of halogens is 1. The third kappa shape index (κ3) is 3.40. The molecule has 0 saturated carbocycles. The van der Waals surface area contributed by atoms with Gasteiger partial charge in [-0.3, -0.25) is 24.3 Å². The average molecular weight is 355 g/mol. The first-order valence-electron chi connectivity index (χ1n) is 7.41. The Morgan fingerprint density at radius 3 is 2.71 bits per heavy atom. The SMILES string of the molecule is CCn1cc(Cl)c(CN(C)C(=O)C(C)n2ncc([N+](=O)[O-])c2C)n1. The number of amides is 1. The van der Waals surface area contributed by atoms with E-state index in [9.17, 15) is 14.9 Å². The van der Waals surface area contributed by atoms with Gasteiger partial charge in [0.15, 0.2) is 0 Å². The van der Waals surface area contributed by atoms with E-state index in [4.69, 9.17) is 11.6 Å². The van der Waals surface area contributed by atoms with Crippen LogP contribution in [0.4, 0.5) is 5.69 Å². The van der Waals surface area contributed by atoms with Gasteiger partial charge in [0, 0.05) is 19.8 Å². The minimum absolute atomic E-state index is 0.109. The number of aryl methyl sites for hydroxylation is 1. The van der Waals surface area contributed by atoms with Crippen molar-refractivity contribution in [1.82, 2.24) is 24.5 Å². The Bertz CT molecular complexity index is 769. The van der Waals surface area contributed by atoms with E-state index in [1.807, 2.05) is 6.92 Å². The van der Waals surface area contributed by atoms with Crippen LogP contribution in [0.15, 0.2) is 12.4 Å². The Hall–Kier alpha value is -2.42. The highest BCUT2D eigenvalue weighted by Crippen LogP contribution is 2.22. The summed E-state index contributed by atoms with van der Waals surface area (Å²) < 4.78 is 3.05. The van der Waals surface area contributed by atoms with Crippen LogP contribution in [0.1, 0.15) is 31.3 Å². The largest absolute Gasteiger partial charge is 0.338 e. The first-order valence-corrected chi connectivity index (χ1v) is 7.79. The molecule has 1 amide bonds. The van der Waals surface area contributed by atoms with E-state index in [2.05, 4.69) is 10.2 Å². The number of nitrogens with zero attached hydrogens (tertiary/aromatic N) is 6. The minimum atomic E-state index is -0.671. The smallest absolute Gasteiger partial charge is 0.309 e. The quantitative estimate of drug-likeness (QED) is 0.584. The van der Waals surface area contributed by atoms with Gasteiger partial charge in [0.05, 0.1) is 16.5 Å². The van der Waals surface area contributed by atoms with E-state index < -0.39 is 11.0 Å². The highest BCUT2D eigenvalue weighted by Gasteiger charge is 2.26. The Labute approximate surface area is 144 Å². The topological polar surface area (TPSA) is 99.1 Å². The summed E-state index contributed by atoms with van der Waals surface area (Å²) in [6, 6.07) is -0.671. The second-order valence-electron chi connectivity index (χ2n) is 5.47. The van der Waals surface area contributed by atoms with Gasteiger partial charge in [-0.2, -0.15) is 10.2 Å². The lowest BCUT2D eigenvalue weighted by Gasteiger charge is -2.21. The highest BCUT2D eigenvalue weighted by atomic mass is 35.5. The lowest BCUT2D eigenvalue weighted by molar-refractivity contribution is -0.385. The lowest BCUT2D eigenvalue weighted by Crippen LogP contribution is -2.33. The fourth-order valence-corrected chi connectivity index (χ4v) is 2.63. The van der Waals surface area contributed by atoms with Crippen LogP contribution < -0.4 is 0 Å². The van der Waals surface area contributed by atoms with E-state index in [1.165, 1.54) is 9.58 Å². The molecule has 0 spiro atoms. The molecular formula is C14H19ClN6O3. The second-order valence-corrected chi connectivity index (χ2v) is 5.87. The maximum atomic E-state index is 12.6. The molecule has 0 aliphatic carbocycles. The zero-order valence-electron chi connectivity index (χ0n) is 13.9. The summed E-state index contributed by atoms with van der Waals surface area (Å²) in [5, 5.41) is 19.7. The fraction of sp³-hybridized carbons (Fsp3) is 0.500. The summed E-state index contributed by atoms with van der Waals surface area (Å²) in [5.41, 5.74) is 0.828. The van der Waals surface area contributed by atoms with E-state index in [0.29, 0.717) is 23.0 Å². The minimum Gasteiger partial charge on any atom is -0.338 e. The van der Waals surface area contributed by atoms with Crippen LogP contribution in [0, 0.1) is 17.0 Å². The molecule has 1 unspecified atom stereocenters. The summed E-state index contributed by atoms with van der Waals surface area (Å²) in [5.74, 6) is -0.238. The Morgan fingerprint density at radius 1 is 1.54 bits per heavy atom. The van der Waals surface area contributed by atoms with Gasteiger partial charge < -0.3 is 4.90 Å². The molecule has 0 aliphatic rings. The number of rotatable bonds is 6. The second kappa shape index (κ2) is 7.00. The third-order valence-electron chi connectivity index (χ3n) is 3.81. The van der Waals surface area contributed by atoms with Crippen molar-refractivity contribution in [3.63, 3.8) is 0 Å². The van der Waals surface area contributed by atoms with Gasteiger partial charge in [0.25, 0.3) is 0 Å². The molecule has 0 fully saturated rings. The van der Waals surface area contributed by atoms with Crippen molar-refractivity contribution in [2.24, 2.45) is 0 Å². The van der Waals surface area contributed by atoms with E-state index in [0.717, 1.165) is 6.20 Å². The molecule has 2 aromatic heterocycles. The van der Waals surface area contributed by atoms with Gasteiger partial charge in [-0.15, -0.1) is 0 Å². The standard InChI is InChI=1S/C14H19ClN6O3/c1-5-19-7-11(15)12(17-19)8-18(4)14(22)10(3)20-9(2)13(6-16-20)21(23)24/h6-7,10H,5,8H2,1-4H3. The lowest BCUT2D eigenvalue weighted by atomic mass is 10.2. The van der Waals surface area contributed by atoms with Gasteiger partial charge >= 0.3 is 5.69 Å². The molecule has 2 heterocycles. The van der Waals surface area contributed by atoms with Crippen molar-refractivity contribution < 1.29 is 9.72 Å². The predicted octanol–water partition coefficient (Wildman–Crippen LogP) is 2.19. The Morgan fingerprint density at radius 2 is 2.21 bits per heavy atom. The third-order valence-corrected chi connectivity index (χ3v) is 4.13. The highest BCUT2D eigenvalue weighted by molar-refractivity contribution is 6.31. The number of carbonyl (C=O) groups excluding carboxylic acids is 1. The maximum Gasteiger partial charge on any atom is 0.309 e. The number of carbonyl (C=O) groups is 1. The van der Waals surface area contributed by atoms with Crippen LogP contribution in [0.2, 0.25) is 5.02 Å². The summed E-state index contributed by atoms with van der Waals surface area (Å²) in [6.07, 6.45) is 2.86. The van der Waals surface area contributed by atoms with Gasteiger partial charge in [-0.1, -0.05) is 11.6 Å². The van der Waals surface area contributed by atoms with Crippen LogP contribution in [0.3, 0.4) is 0 Å². The molecule has 1 atom stereocenters. The van der Waals surface area contributed by atoms with Gasteiger partial charge in [-0.25, -0.2) is 0 Å². The van der Waals surface area contributed by atoms with Gasteiger partial charge in [0.1, 0.15) is 23.6 Å². The molecular weight excluding hydrogens is 336 g/mol. The van der Waals surface area contributed by atoms with E-state index in [-0.39, 0.29) is 18.1 Å². The zero-order chi connectivity index (χ0) is 18.0. The molecule has 9 nitrogen and oxygen atoms in total. The van der Waals surface area contributed by atoms with Crippen molar-refractivity contribution in [3.05, 3.63) is 38.9 Å². The molecule has 2 rings (SSSR count). The van der Waals surface area contributed by atoms with E-state index in [1.54, 1.807) is 31.8 Å². The van der Waals surface area contributed by atoms with Crippen LogP contribution in [0.25, 0.3) is 0 Å². The summed E-state index contributed by atoms with van der Waals surface area (Å²) in [6.45, 7) is 6.09. The molecule has 10 heteroatoms. The van der Waals surface area contributed by atoms with Gasteiger partial charge in [0.2, 0.25) is 5.91 Å². The van der Waals surface area contributed by atoms with Crippen molar-refractivity contribution in [2.45, 2.75) is 39.9 Å². The molecule has 0 aromatic carbocycles. The molecule has 130 valence electrons. The molecule has 0 N–H and O–H groups in total. The first kappa shape index (κ1) is 17.9. The fourth-order valence-electron chi connectivity index (χ4n) is 2.42. The predicted molar refractivity (Wildman–Crippen MR) is 87.7 cm³/mol. The molecule has 0 aliphatic heterocycles. The summed E-state index contributed by atoms with van der Waals surface area (Å²) in [4.78, 5) is 24.4. The van der Waals surface area contributed by atoms with E-state index >= 15 is 0 Å². The van der Waals surface area contributed by atoms with Crippen molar-refractivity contribution in [1.29, 1.82) is 0 Å². The number of hydrogen-bond acceptors (Lipinski definition) is 5. The number of nitro groups is 1. The van der Waals surface area contributed by atoms with Crippen LogP contribution in [0.5, 0.6) is 0 Å². The molecule has 0 radical (unpaired) electrons. The molecule has 2 aromatic rings. The number of likely N-dealkylation sites (N-methyl/N-ethyl adjacent to an activating group) is 1. The van der Waals surface area contributed by atoms with Crippen molar-refractivity contribution in [2.75, 3.05) is 7.05 Å². The molecule has 0 bridgehead atoms. The normalized spacial score (nSPS) is 12.2. The summed E-state index contributed by atoms with van der Waals surface area (Å²) >= 11 is 6.12.